The van der Waals surface area contributed by atoms with E-state index in [-0.39, 0.29) is 30.1 Å². The standard InChI is InChI=1S/C18H21N9O2/c28-17(12-26-13-20-22-24-26)27-8-4-7-15(27)10-25-11-16(21-23-25)18(29)19-9-14-5-2-1-3-6-14/h1-3,5-6,11,13,15H,4,7-10,12H2,(H,19,29)/t15-/m0/s1. The third kappa shape index (κ3) is 4.62. The van der Waals surface area contributed by atoms with E-state index >= 15 is 0 Å². The summed E-state index contributed by atoms with van der Waals surface area (Å²) in [5.41, 5.74) is 1.27. The minimum Gasteiger partial charge on any atom is -0.347 e. The number of nitrogens with one attached hydrogen (secondary N) is 1. The molecule has 1 aliphatic heterocycles. The molecule has 3 heterocycles. The lowest BCUT2D eigenvalue weighted by Gasteiger charge is -2.24. The lowest BCUT2D eigenvalue weighted by molar-refractivity contribution is -0.133. The molecule has 0 unspecified atom stereocenters. The molecule has 2 amide bonds. The van der Waals surface area contributed by atoms with Gasteiger partial charge in [0.25, 0.3) is 5.91 Å². The van der Waals surface area contributed by atoms with E-state index in [0.29, 0.717) is 19.6 Å². The van der Waals surface area contributed by atoms with Gasteiger partial charge in [-0.2, -0.15) is 0 Å². The van der Waals surface area contributed by atoms with E-state index in [0.717, 1.165) is 18.4 Å². The highest BCUT2D eigenvalue weighted by molar-refractivity contribution is 5.91. The molecule has 0 spiro atoms. The molecule has 3 aromatic rings. The first-order chi connectivity index (χ1) is 14.2. The highest BCUT2D eigenvalue weighted by Gasteiger charge is 2.29. The van der Waals surface area contributed by atoms with Crippen LogP contribution in [0.2, 0.25) is 0 Å². The van der Waals surface area contributed by atoms with Crippen LogP contribution in [0.15, 0.2) is 42.9 Å². The van der Waals surface area contributed by atoms with Gasteiger partial charge in [-0.15, -0.1) is 10.2 Å². The Labute approximate surface area is 166 Å². The van der Waals surface area contributed by atoms with Crippen molar-refractivity contribution in [1.29, 1.82) is 0 Å². The number of nitrogens with zero attached hydrogens (tertiary/aromatic N) is 8. The second-order valence-corrected chi connectivity index (χ2v) is 6.88. The summed E-state index contributed by atoms with van der Waals surface area (Å²) in [6.07, 6.45) is 4.82. The van der Waals surface area contributed by atoms with E-state index in [4.69, 9.17) is 0 Å². The quantitative estimate of drug-likeness (QED) is 0.592. The van der Waals surface area contributed by atoms with Crippen LogP contribution in [-0.2, 0) is 24.4 Å². The lowest BCUT2D eigenvalue weighted by Crippen LogP contribution is -2.40. The van der Waals surface area contributed by atoms with Gasteiger partial charge in [-0.1, -0.05) is 35.5 Å². The van der Waals surface area contributed by atoms with Crippen molar-refractivity contribution < 1.29 is 9.59 Å². The van der Waals surface area contributed by atoms with E-state index in [1.54, 1.807) is 10.9 Å². The molecule has 0 saturated carbocycles. The number of hydrogen-bond donors (Lipinski definition) is 1. The fourth-order valence-electron chi connectivity index (χ4n) is 3.41. The molecule has 4 rings (SSSR count). The smallest absolute Gasteiger partial charge is 0.273 e. The van der Waals surface area contributed by atoms with Crippen molar-refractivity contribution in [3.8, 4) is 0 Å². The second kappa shape index (κ2) is 8.59. The highest BCUT2D eigenvalue weighted by atomic mass is 16.2. The predicted octanol–water partition coefficient (Wildman–Crippen LogP) is -0.114. The normalized spacial score (nSPS) is 16.1. The maximum atomic E-state index is 12.5. The zero-order valence-corrected chi connectivity index (χ0v) is 15.8. The molecule has 0 bridgehead atoms. The zero-order valence-electron chi connectivity index (χ0n) is 15.8. The third-order valence-corrected chi connectivity index (χ3v) is 4.85. The Balaban J connectivity index is 1.33. The van der Waals surface area contributed by atoms with Crippen LogP contribution in [0.3, 0.4) is 0 Å². The molecule has 1 fully saturated rings. The van der Waals surface area contributed by atoms with Gasteiger partial charge in [-0.05, 0) is 28.8 Å². The summed E-state index contributed by atoms with van der Waals surface area (Å²) in [4.78, 5) is 26.7. The van der Waals surface area contributed by atoms with Gasteiger partial charge in [0.1, 0.15) is 12.9 Å². The summed E-state index contributed by atoms with van der Waals surface area (Å²) in [6.45, 7) is 1.70. The minimum absolute atomic E-state index is 0.000843. The van der Waals surface area contributed by atoms with E-state index in [1.165, 1.54) is 11.0 Å². The largest absolute Gasteiger partial charge is 0.347 e. The number of aromatic nitrogens is 7. The topological polar surface area (TPSA) is 124 Å². The predicted molar refractivity (Wildman–Crippen MR) is 100 cm³/mol. The van der Waals surface area contributed by atoms with Crippen LogP contribution < -0.4 is 5.32 Å². The van der Waals surface area contributed by atoms with Crippen LogP contribution in [0.5, 0.6) is 0 Å². The van der Waals surface area contributed by atoms with Crippen LogP contribution >= 0.6 is 0 Å². The number of benzene rings is 1. The number of hydrogen-bond acceptors (Lipinski definition) is 7. The van der Waals surface area contributed by atoms with Crippen LogP contribution in [0, 0.1) is 0 Å². The molecule has 1 aliphatic rings. The van der Waals surface area contributed by atoms with Gasteiger partial charge >= 0.3 is 0 Å². The Morgan fingerprint density at radius 3 is 2.79 bits per heavy atom. The molecule has 11 nitrogen and oxygen atoms in total. The molecular formula is C18H21N9O2. The number of tetrazole rings is 1. The number of rotatable bonds is 7. The Morgan fingerprint density at radius 1 is 1.14 bits per heavy atom. The van der Waals surface area contributed by atoms with E-state index in [1.807, 2.05) is 35.2 Å². The Bertz CT molecular complexity index is 955. The summed E-state index contributed by atoms with van der Waals surface area (Å²) in [5.74, 6) is -0.320. The molecule has 11 heteroatoms. The van der Waals surface area contributed by atoms with E-state index in [2.05, 4.69) is 31.2 Å². The first-order valence-corrected chi connectivity index (χ1v) is 9.41. The first kappa shape index (κ1) is 18.7. The summed E-state index contributed by atoms with van der Waals surface area (Å²) in [7, 11) is 0. The number of amides is 2. The molecule has 2 aromatic heterocycles. The average Bonchev–Trinajstić information content (AvgIpc) is 3.49. The molecule has 150 valence electrons. The molecule has 1 atom stereocenters. The van der Waals surface area contributed by atoms with Gasteiger partial charge in [-0.3, -0.25) is 9.59 Å². The van der Waals surface area contributed by atoms with Crippen molar-refractivity contribution in [3.63, 3.8) is 0 Å². The Hall–Kier alpha value is -3.63. The molecule has 0 aliphatic carbocycles. The Morgan fingerprint density at radius 2 is 2.00 bits per heavy atom. The summed E-state index contributed by atoms with van der Waals surface area (Å²) in [6, 6.07) is 9.66. The van der Waals surface area contributed by atoms with Gasteiger partial charge in [0.2, 0.25) is 5.91 Å². The van der Waals surface area contributed by atoms with Crippen molar-refractivity contribution in [2.45, 2.75) is 38.5 Å². The summed E-state index contributed by atoms with van der Waals surface area (Å²) >= 11 is 0. The van der Waals surface area contributed by atoms with Gasteiger partial charge in [-0.25, -0.2) is 9.36 Å². The SMILES string of the molecule is O=C(NCc1ccccc1)c1cn(C[C@@H]2CCCN2C(=O)Cn2cnnn2)nn1. The third-order valence-electron chi connectivity index (χ3n) is 4.85. The number of carbonyl (C=O) groups is 2. The van der Waals surface area contributed by atoms with Crippen molar-refractivity contribution in [3.05, 3.63) is 54.1 Å². The van der Waals surface area contributed by atoms with Gasteiger partial charge < -0.3 is 10.2 Å². The molecule has 1 saturated heterocycles. The molecule has 29 heavy (non-hydrogen) atoms. The maximum absolute atomic E-state index is 12.5. The van der Waals surface area contributed by atoms with Crippen molar-refractivity contribution in [2.24, 2.45) is 0 Å². The number of carbonyl (C=O) groups excluding carboxylic acids is 2. The molecular weight excluding hydrogens is 374 g/mol. The van der Waals surface area contributed by atoms with Gasteiger partial charge in [0, 0.05) is 13.1 Å². The number of likely N-dealkylation sites (tertiary alicyclic amines) is 1. The fourth-order valence-corrected chi connectivity index (χ4v) is 3.41. The van der Waals surface area contributed by atoms with E-state index in [9.17, 15) is 9.59 Å². The average molecular weight is 395 g/mol. The highest BCUT2D eigenvalue weighted by Crippen LogP contribution is 2.19. The maximum Gasteiger partial charge on any atom is 0.273 e. The van der Waals surface area contributed by atoms with Crippen LogP contribution in [-0.4, -0.2) is 64.5 Å². The van der Waals surface area contributed by atoms with Crippen LogP contribution in [0.25, 0.3) is 0 Å². The minimum atomic E-state index is -0.280. The van der Waals surface area contributed by atoms with Crippen LogP contribution in [0.1, 0.15) is 28.9 Å². The van der Waals surface area contributed by atoms with Crippen molar-refractivity contribution in [1.82, 2.24) is 45.4 Å². The zero-order chi connectivity index (χ0) is 20.1. The van der Waals surface area contributed by atoms with Crippen molar-refractivity contribution >= 4 is 11.8 Å². The van der Waals surface area contributed by atoms with Gasteiger partial charge in [0.05, 0.1) is 18.8 Å². The lowest BCUT2D eigenvalue weighted by atomic mass is 10.2. The second-order valence-electron chi connectivity index (χ2n) is 6.88. The van der Waals surface area contributed by atoms with E-state index < -0.39 is 0 Å². The van der Waals surface area contributed by atoms with Crippen LogP contribution in [0.4, 0.5) is 0 Å². The monoisotopic (exact) mass is 395 g/mol. The fraction of sp³-hybridized carbons (Fsp3) is 0.389. The molecule has 1 N–H and O–H groups in total. The molecule has 0 radical (unpaired) electrons. The van der Waals surface area contributed by atoms with Crippen molar-refractivity contribution in [2.75, 3.05) is 6.54 Å². The Kier molecular flexibility index (Phi) is 5.54. The summed E-state index contributed by atoms with van der Waals surface area (Å²) < 4.78 is 3.02. The summed E-state index contributed by atoms with van der Waals surface area (Å²) in [5, 5.41) is 21.7. The van der Waals surface area contributed by atoms with Gasteiger partial charge in [0.15, 0.2) is 5.69 Å². The molecule has 1 aromatic carbocycles. The first-order valence-electron chi connectivity index (χ1n) is 9.41.